The van der Waals surface area contributed by atoms with E-state index in [1.54, 1.807) is 0 Å². The van der Waals surface area contributed by atoms with E-state index in [-0.39, 0.29) is 55.2 Å². The van der Waals surface area contributed by atoms with Gasteiger partial charge >= 0.3 is 23.9 Å². The number of carbonyl (C=O) groups is 4. The van der Waals surface area contributed by atoms with Crippen molar-refractivity contribution in [2.45, 2.75) is 121 Å². The van der Waals surface area contributed by atoms with E-state index in [4.69, 9.17) is 33.2 Å². The standard InChI is InChI=1S/C31H46O11/c1-3-27(33)37-17-7-5-4-6-16-36-23-12-8-21(9-13-23)30(34)41-24-14-10-22(11-15-24)31(35)42-26-19-39-28-25(40-20(2)32)18-38-29(26)28/h3,21-26,28-29H,1,4-19H2,2H3/t21?,22?,23?,24?,25-,26+,28+,29+/m0/s1. The topological polar surface area (TPSA) is 133 Å². The van der Waals surface area contributed by atoms with Gasteiger partial charge in [-0.05, 0) is 70.6 Å². The molecule has 0 unspecified atom stereocenters. The second-order valence-electron chi connectivity index (χ2n) is 11.8. The highest BCUT2D eigenvalue weighted by atomic mass is 16.7. The number of hydrogen-bond donors (Lipinski definition) is 0. The molecule has 0 bridgehead atoms. The van der Waals surface area contributed by atoms with Crippen LogP contribution in [0.15, 0.2) is 12.7 Å². The molecule has 2 aliphatic heterocycles. The zero-order chi connectivity index (χ0) is 29.9. The number of ether oxygens (including phenoxy) is 7. The summed E-state index contributed by atoms with van der Waals surface area (Å²) in [4.78, 5) is 47.9. The first kappa shape index (κ1) is 32.4. The van der Waals surface area contributed by atoms with Crippen LogP contribution in [0, 0.1) is 11.8 Å². The Morgan fingerprint density at radius 1 is 0.690 bits per heavy atom. The second kappa shape index (κ2) is 16.4. The van der Waals surface area contributed by atoms with Crippen molar-refractivity contribution in [1.29, 1.82) is 0 Å². The Morgan fingerprint density at radius 3 is 1.79 bits per heavy atom. The Morgan fingerprint density at radius 2 is 1.21 bits per heavy atom. The highest BCUT2D eigenvalue weighted by Gasteiger charge is 2.51. The van der Waals surface area contributed by atoms with Gasteiger partial charge in [-0.25, -0.2) is 4.79 Å². The summed E-state index contributed by atoms with van der Waals surface area (Å²) in [5.41, 5.74) is 0. The van der Waals surface area contributed by atoms with Gasteiger partial charge in [0.2, 0.25) is 0 Å². The van der Waals surface area contributed by atoms with E-state index < -0.39 is 30.4 Å². The summed E-state index contributed by atoms with van der Waals surface area (Å²) in [6.07, 6.45) is 8.91. The van der Waals surface area contributed by atoms with Crippen molar-refractivity contribution in [2.75, 3.05) is 26.4 Å². The van der Waals surface area contributed by atoms with Crippen LogP contribution in [0.5, 0.6) is 0 Å². The Hall–Kier alpha value is -2.50. The maximum absolute atomic E-state index is 12.8. The van der Waals surface area contributed by atoms with Gasteiger partial charge in [0, 0.05) is 19.6 Å². The Labute approximate surface area is 247 Å². The van der Waals surface area contributed by atoms with Crippen LogP contribution in [0.3, 0.4) is 0 Å². The third-order valence-electron chi connectivity index (χ3n) is 8.65. The molecule has 236 valence electrons. The maximum atomic E-state index is 12.8. The number of esters is 4. The van der Waals surface area contributed by atoms with Crippen molar-refractivity contribution in [3.05, 3.63) is 12.7 Å². The Balaban J connectivity index is 1.04. The normalized spacial score (nSPS) is 32.4. The van der Waals surface area contributed by atoms with Crippen LogP contribution in [0.25, 0.3) is 0 Å². The van der Waals surface area contributed by atoms with Crippen LogP contribution in [0.2, 0.25) is 0 Å². The zero-order valence-electron chi connectivity index (χ0n) is 24.7. The smallest absolute Gasteiger partial charge is 0.330 e. The molecule has 0 aromatic rings. The zero-order valence-corrected chi connectivity index (χ0v) is 24.7. The predicted molar refractivity (Wildman–Crippen MR) is 148 cm³/mol. The minimum Gasteiger partial charge on any atom is -0.463 e. The lowest BCUT2D eigenvalue weighted by atomic mass is 9.86. The second-order valence-corrected chi connectivity index (χ2v) is 11.8. The van der Waals surface area contributed by atoms with Crippen molar-refractivity contribution in [2.24, 2.45) is 11.8 Å². The van der Waals surface area contributed by atoms with Crippen molar-refractivity contribution in [1.82, 2.24) is 0 Å². The number of rotatable bonds is 14. The Kier molecular flexibility index (Phi) is 12.6. The van der Waals surface area contributed by atoms with Gasteiger partial charge in [-0.3, -0.25) is 14.4 Å². The summed E-state index contributed by atoms with van der Waals surface area (Å²) < 4.78 is 39.2. The fourth-order valence-electron chi connectivity index (χ4n) is 6.27. The van der Waals surface area contributed by atoms with Crippen LogP contribution in [0.4, 0.5) is 0 Å². The molecule has 2 aliphatic carbocycles. The quantitative estimate of drug-likeness (QED) is 0.126. The monoisotopic (exact) mass is 594 g/mol. The van der Waals surface area contributed by atoms with E-state index in [9.17, 15) is 19.2 Å². The molecule has 11 nitrogen and oxygen atoms in total. The first-order valence-electron chi connectivity index (χ1n) is 15.6. The molecule has 0 spiro atoms. The van der Waals surface area contributed by atoms with Crippen LogP contribution in [-0.2, 0) is 52.3 Å². The highest BCUT2D eigenvalue weighted by Crippen LogP contribution is 2.34. The number of hydrogen-bond acceptors (Lipinski definition) is 11. The lowest BCUT2D eigenvalue weighted by molar-refractivity contribution is -0.163. The van der Waals surface area contributed by atoms with Crippen LogP contribution in [0.1, 0.15) is 84.0 Å². The van der Waals surface area contributed by atoms with E-state index in [0.29, 0.717) is 38.9 Å². The molecule has 2 heterocycles. The SMILES string of the molecule is C=CC(=O)OCCCCCCOC1CCC(C(=O)OC2CCC(C(=O)O[C@@H]3CO[C@H]4[C@@H]3OC[C@@H]4OC(C)=O)CC2)CC1. The van der Waals surface area contributed by atoms with Gasteiger partial charge in [0.05, 0.1) is 37.8 Å². The molecule has 2 saturated carbocycles. The van der Waals surface area contributed by atoms with Gasteiger partial charge in [-0.1, -0.05) is 13.0 Å². The van der Waals surface area contributed by atoms with Crippen molar-refractivity contribution in [3.8, 4) is 0 Å². The molecule has 0 amide bonds. The molecule has 4 fully saturated rings. The van der Waals surface area contributed by atoms with Crippen LogP contribution < -0.4 is 0 Å². The Bertz CT molecular complexity index is 920. The predicted octanol–water partition coefficient (Wildman–Crippen LogP) is 3.59. The summed E-state index contributed by atoms with van der Waals surface area (Å²) in [6, 6.07) is 0. The first-order valence-corrected chi connectivity index (χ1v) is 15.6. The van der Waals surface area contributed by atoms with E-state index in [2.05, 4.69) is 6.58 Å². The molecular weight excluding hydrogens is 548 g/mol. The fraction of sp³-hybridized carbons (Fsp3) is 0.806. The molecule has 0 aromatic carbocycles. The summed E-state index contributed by atoms with van der Waals surface area (Å²) in [5.74, 6) is -1.52. The average molecular weight is 595 g/mol. The summed E-state index contributed by atoms with van der Waals surface area (Å²) in [7, 11) is 0. The van der Waals surface area contributed by atoms with E-state index in [1.807, 2.05) is 0 Å². The molecule has 4 aliphatic rings. The molecule has 11 heteroatoms. The van der Waals surface area contributed by atoms with Gasteiger partial charge in [0.1, 0.15) is 18.3 Å². The van der Waals surface area contributed by atoms with Gasteiger partial charge < -0.3 is 33.2 Å². The van der Waals surface area contributed by atoms with E-state index in [0.717, 1.165) is 51.4 Å². The summed E-state index contributed by atoms with van der Waals surface area (Å²) in [5, 5.41) is 0. The minimum atomic E-state index is -0.515. The van der Waals surface area contributed by atoms with Crippen molar-refractivity contribution in [3.63, 3.8) is 0 Å². The number of unbranched alkanes of at least 4 members (excludes halogenated alkanes) is 3. The largest absolute Gasteiger partial charge is 0.463 e. The molecule has 4 atom stereocenters. The third kappa shape index (κ3) is 9.50. The van der Waals surface area contributed by atoms with E-state index >= 15 is 0 Å². The molecule has 2 saturated heterocycles. The maximum Gasteiger partial charge on any atom is 0.330 e. The number of carbonyl (C=O) groups excluding carboxylic acids is 4. The number of fused-ring (bicyclic) bond motifs is 1. The molecule has 0 aromatic heterocycles. The van der Waals surface area contributed by atoms with Crippen molar-refractivity contribution >= 4 is 23.9 Å². The molecule has 4 rings (SSSR count). The summed E-state index contributed by atoms with van der Waals surface area (Å²) >= 11 is 0. The molecule has 42 heavy (non-hydrogen) atoms. The van der Waals surface area contributed by atoms with Gasteiger partial charge in [0.15, 0.2) is 12.2 Å². The van der Waals surface area contributed by atoms with Gasteiger partial charge in [-0.2, -0.15) is 0 Å². The fourth-order valence-corrected chi connectivity index (χ4v) is 6.27. The van der Waals surface area contributed by atoms with Crippen molar-refractivity contribution < 1.29 is 52.3 Å². The lowest BCUT2D eigenvalue weighted by Crippen LogP contribution is -2.38. The average Bonchev–Trinajstić information content (AvgIpc) is 3.57. The highest BCUT2D eigenvalue weighted by molar-refractivity contribution is 5.81. The minimum absolute atomic E-state index is 0.0941. The van der Waals surface area contributed by atoms with E-state index in [1.165, 1.54) is 13.0 Å². The van der Waals surface area contributed by atoms with Crippen LogP contribution >= 0.6 is 0 Å². The molecule has 0 N–H and O–H groups in total. The van der Waals surface area contributed by atoms with Gasteiger partial charge in [-0.15, -0.1) is 0 Å². The molecule has 0 radical (unpaired) electrons. The third-order valence-corrected chi connectivity index (χ3v) is 8.65. The summed E-state index contributed by atoms with van der Waals surface area (Å²) in [6.45, 7) is 6.29. The first-order chi connectivity index (χ1) is 20.3. The lowest BCUT2D eigenvalue weighted by Gasteiger charge is -2.31. The van der Waals surface area contributed by atoms with Crippen LogP contribution in [-0.4, -0.2) is 86.9 Å². The van der Waals surface area contributed by atoms with Gasteiger partial charge in [0.25, 0.3) is 0 Å². The molecular formula is C31H46O11.